The Morgan fingerprint density at radius 2 is 1.91 bits per heavy atom. The Morgan fingerprint density at radius 3 is 2.18 bits per heavy atom. The number of rotatable bonds is 5. The zero-order valence-electron chi connectivity index (χ0n) is 7.69. The molecule has 0 saturated carbocycles. The van der Waals surface area contributed by atoms with Gasteiger partial charge in [0.05, 0.1) is 12.7 Å². The monoisotopic (exact) mass is 224 g/mol. The van der Waals surface area contributed by atoms with Crippen molar-refractivity contribution in [1.29, 1.82) is 0 Å². The van der Waals surface area contributed by atoms with Gasteiger partial charge in [0.2, 0.25) is 0 Å². The summed E-state index contributed by atoms with van der Waals surface area (Å²) >= 11 is 3.55. The van der Waals surface area contributed by atoms with Gasteiger partial charge in [-0.3, -0.25) is 0 Å². The first kappa shape index (κ1) is 11.4. The third-order valence-corrected chi connectivity index (χ3v) is 1.72. The van der Waals surface area contributed by atoms with Crippen molar-refractivity contribution in [2.45, 2.75) is 30.7 Å². The quantitative estimate of drug-likeness (QED) is 0.668. The fourth-order valence-electron chi connectivity index (χ4n) is 0.938. The molecule has 68 valence electrons. The fourth-order valence-corrected chi connectivity index (χ4v) is 1.30. The second-order valence-corrected chi connectivity index (χ2v) is 5.38. The first-order valence-electron chi connectivity index (χ1n) is 3.70. The van der Waals surface area contributed by atoms with Crippen LogP contribution in [0.25, 0.3) is 0 Å². The molecule has 0 amide bonds. The van der Waals surface area contributed by atoms with Crippen LogP contribution in [0.3, 0.4) is 0 Å². The Bertz CT molecular complexity index is 98.8. The van der Waals surface area contributed by atoms with Crippen LogP contribution in [0, 0.1) is 0 Å². The number of hydrogen-bond acceptors (Lipinski definition) is 2. The summed E-state index contributed by atoms with van der Waals surface area (Å²) in [6.07, 6.45) is 1.14. The molecule has 0 aromatic rings. The summed E-state index contributed by atoms with van der Waals surface area (Å²) in [5.41, 5.74) is 0. The van der Waals surface area contributed by atoms with E-state index < -0.39 is 0 Å². The highest BCUT2D eigenvalue weighted by Crippen LogP contribution is 2.23. The van der Waals surface area contributed by atoms with E-state index in [9.17, 15) is 0 Å². The largest absolute Gasteiger partial charge is 0.382 e. The van der Waals surface area contributed by atoms with E-state index in [1.165, 1.54) is 0 Å². The molecule has 0 aliphatic carbocycles. The molecule has 0 aromatic carbocycles. The van der Waals surface area contributed by atoms with E-state index >= 15 is 0 Å². The van der Waals surface area contributed by atoms with E-state index in [2.05, 4.69) is 29.8 Å². The number of hydrogen-bond donors (Lipinski definition) is 0. The number of halogens is 1. The molecule has 0 aliphatic rings. The molecule has 0 N–H and O–H groups in total. The van der Waals surface area contributed by atoms with Crippen molar-refractivity contribution in [3.63, 3.8) is 0 Å². The van der Waals surface area contributed by atoms with E-state index in [4.69, 9.17) is 9.47 Å². The molecule has 1 atom stereocenters. The lowest BCUT2D eigenvalue weighted by atomic mass is 10.1. The number of methoxy groups -OCH3 is 2. The van der Waals surface area contributed by atoms with Crippen LogP contribution in [0.5, 0.6) is 0 Å². The Hall–Kier alpha value is 0.400. The molecule has 0 bridgehead atoms. The van der Waals surface area contributed by atoms with Crippen molar-refractivity contribution in [1.82, 2.24) is 0 Å². The third kappa shape index (κ3) is 6.78. The molecule has 1 unspecified atom stereocenters. The number of alkyl halides is 1. The van der Waals surface area contributed by atoms with Crippen LogP contribution < -0.4 is 0 Å². The zero-order valence-corrected chi connectivity index (χ0v) is 9.27. The van der Waals surface area contributed by atoms with Crippen LogP contribution >= 0.6 is 15.9 Å². The molecule has 0 heterocycles. The summed E-state index contributed by atoms with van der Waals surface area (Å²) in [6.45, 7) is 4.90. The Morgan fingerprint density at radius 1 is 1.36 bits per heavy atom. The Balaban J connectivity index is 3.68. The van der Waals surface area contributed by atoms with Gasteiger partial charge in [-0.1, -0.05) is 15.9 Å². The minimum absolute atomic E-state index is 0.131. The molecule has 11 heavy (non-hydrogen) atoms. The summed E-state index contributed by atoms with van der Waals surface area (Å²) in [7, 11) is 3.40. The van der Waals surface area contributed by atoms with Gasteiger partial charge < -0.3 is 9.47 Å². The summed E-state index contributed by atoms with van der Waals surface area (Å²) in [5.74, 6) is 0. The average molecular weight is 225 g/mol. The minimum Gasteiger partial charge on any atom is -0.382 e. The molecule has 0 fully saturated rings. The van der Waals surface area contributed by atoms with Gasteiger partial charge >= 0.3 is 0 Å². The van der Waals surface area contributed by atoms with Crippen molar-refractivity contribution < 1.29 is 9.47 Å². The zero-order chi connectivity index (χ0) is 8.91. The third-order valence-electron chi connectivity index (χ3n) is 1.40. The van der Waals surface area contributed by atoms with Crippen molar-refractivity contribution in [2.75, 3.05) is 20.8 Å². The molecule has 0 aliphatic heterocycles. The normalized spacial score (nSPS) is 15.0. The molecule has 2 nitrogen and oxygen atoms in total. The van der Waals surface area contributed by atoms with Gasteiger partial charge in [-0.2, -0.15) is 0 Å². The van der Waals surface area contributed by atoms with Gasteiger partial charge in [0.15, 0.2) is 0 Å². The van der Waals surface area contributed by atoms with Crippen LogP contribution in [0.2, 0.25) is 0 Å². The summed E-state index contributed by atoms with van der Waals surface area (Å²) < 4.78 is 10.3. The molecule has 3 heteroatoms. The molecule has 0 radical (unpaired) electrons. The van der Waals surface area contributed by atoms with E-state index in [1.54, 1.807) is 14.2 Å². The van der Waals surface area contributed by atoms with E-state index in [1.807, 2.05) is 0 Å². The molecule has 0 spiro atoms. The summed E-state index contributed by atoms with van der Waals surface area (Å²) in [5, 5.41) is 0. The highest BCUT2D eigenvalue weighted by Gasteiger charge is 2.19. The first-order valence-corrected chi connectivity index (χ1v) is 4.49. The second kappa shape index (κ2) is 5.12. The summed E-state index contributed by atoms with van der Waals surface area (Å²) in [4.78, 5) is 0. The maximum absolute atomic E-state index is 5.21. The van der Waals surface area contributed by atoms with Crippen LogP contribution in [0.1, 0.15) is 20.3 Å². The maximum atomic E-state index is 5.21. The standard InChI is InChI=1S/C8H17BrO2/c1-8(2,9)5-7(11-4)6-10-3/h7H,5-6H2,1-4H3. The second-order valence-electron chi connectivity index (χ2n) is 3.24. The number of ether oxygens (including phenoxy) is 2. The first-order chi connectivity index (χ1) is 4.99. The van der Waals surface area contributed by atoms with Crippen molar-refractivity contribution >= 4 is 15.9 Å². The van der Waals surface area contributed by atoms with Crippen molar-refractivity contribution in [3.8, 4) is 0 Å². The Kier molecular flexibility index (Phi) is 5.30. The lowest BCUT2D eigenvalue weighted by molar-refractivity contribution is 0.0196. The fraction of sp³-hybridized carbons (Fsp3) is 1.00. The SMILES string of the molecule is COCC(CC(C)(C)Br)OC. The van der Waals surface area contributed by atoms with Gasteiger partial charge in [0.1, 0.15) is 0 Å². The minimum atomic E-state index is 0.131. The Labute approximate surface area is 77.4 Å². The van der Waals surface area contributed by atoms with Crippen LogP contribution in [-0.4, -0.2) is 31.3 Å². The highest BCUT2D eigenvalue weighted by atomic mass is 79.9. The topological polar surface area (TPSA) is 18.5 Å². The van der Waals surface area contributed by atoms with Crippen LogP contribution in [0.15, 0.2) is 0 Å². The molecular formula is C8H17BrO2. The van der Waals surface area contributed by atoms with E-state index in [0.717, 1.165) is 6.42 Å². The van der Waals surface area contributed by atoms with Gasteiger partial charge in [-0.05, 0) is 20.3 Å². The lowest BCUT2D eigenvalue weighted by Crippen LogP contribution is -2.25. The van der Waals surface area contributed by atoms with E-state index in [-0.39, 0.29) is 10.4 Å². The van der Waals surface area contributed by atoms with Crippen LogP contribution in [-0.2, 0) is 9.47 Å². The molecule has 0 saturated heterocycles. The van der Waals surface area contributed by atoms with Crippen molar-refractivity contribution in [3.05, 3.63) is 0 Å². The van der Waals surface area contributed by atoms with Crippen LogP contribution in [0.4, 0.5) is 0 Å². The molecular weight excluding hydrogens is 208 g/mol. The smallest absolute Gasteiger partial charge is 0.0817 e. The van der Waals surface area contributed by atoms with Gasteiger partial charge in [-0.15, -0.1) is 0 Å². The average Bonchev–Trinajstić information content (AvgIpc) is 1.84. The molecule has 0 aromatic heterocycles. The lowest BCUT2D eigenvalue weighted by Gasteiger charge is -2.22. The predicted molar refractivity (Wildman–Crippen MR) is 50.3 cm³/mol. The van der Waals surface area contributed by atoms with Gasteiger partial charge in [-0.25, -0.2) is 0 Å². The van der Waals surface area contributed by atoms with Gasteiger partial charge in [0.25, 0.3) is 0 Å². The predicted octanol–water partition coefficient (Wildman–Crippen LogP) is 2.21. The molecule has 0 rings (SSSR count). The maximum Gasteiger partial charge on any atom is 0.0817 e. The van der Waals surface area contributed by atoms with Crippen molar-refractivity contribution in [2.24, 2.45) is 0 Å². The van der Waals surface area contributed by atoms with Gasteiger partial charge in [0, 0.05) is 18.5 Å². The van der Waals surface area contributed by atoms with E-state index in [0.29, 0.717) is 6.61 Å². The summed E-state index contributed by atoms with van der Waals surface area (Å²) in [6, 6.07) is 0. The highest BCUT2D eigenvalue weighted by molar-refractivity contribution is 9.10.